The summed E-state index contributed by atoms with van der Waals surface area (Å²) in [6, 6.07) is 12.0. The van der Waals surface area contributed by atoms with E-state index in [0.29, 0.717) is 11.5 Å². The van der Waals surface area contributed by atoms with Crippen molar-refractivity contribution in [1.29, 1.82) is 0 Å². The monoisotopic (exact) mass is 326 g/mol. The number of ketones is 1. The van der Waals surface area contributed by atoms with Crippen molar-refractivity contribution in [2.24, 2.45) is 0 Å². The number of hydrogen-bond acceptors (Lipinski definition) is 5. The molecule has 0 aliphatic rings. The molecule has 2 rings (SSSR count). The van der Waals surface area contributed by atoms with Crippen LogP contribution in [0.1, 0.15) is 22.8 Å². The third-order valence-corrected chi connectivity index (χ3v) is 3.26. The molecular weight excluding hydrogens is 308 g/mol. The van der Waals surface area contributed by atoms with E-state index in [-0.39, 0.29) is 17.1 Å². The summed E-state index contributed by atoms with van der Waals surface area (Å²) in [7, 11) is 3.06. The molecule has 5 heteroatoms. The highest BCUT2D eigenvalue weighted by Gasteiger charge is 2.13. The molecule has 0 saturated carbocycles. The maximum absolute atomic E-state index is 12.5. The van der Waals surface area contributed by atoms with Crippen molar-refractivity contribution in [2.45, 2.75) is 6.92 Å². The predicted molar refractivity (Wildman–Crippen MR) is 90.7 cm³/mol. The Labute approximate surface area is 140 Å². The molecule has 124 valence electrons. The Bertz CT molecular complexity index is 777. The van der Waals surface area contributed by atoms with Crippen LogP contribution in [0.15, 0.2) is 48.5 Å². The Balaban J connectivity index is 2.32. The normalized spacial score (nSPS) is 10.5. The molecule has 0 saturated heterocycles. The van der Waals surface area contributed by atoms with Gasteiger partial charge in [-0.3, -0.25) is 9.59 Å². The highest BCUT2D eigenvalue weighted by Crippen LogP contribution is 2.26. The van der Waals surface area contributed by atoms with E-state index >= 15 is 0 Å². The number of benzene rings is 2. The van der Waals surface area contributed by atoms with Gasteiger partial charge in [-0.15, -0.1) is 0 Å². The Morgan fingerprint density at radius 1 is 0.958 bits per heavy atom. The fourth-order valence-corrected chi connectivity index (χ4v) is 2.13. The number of allylic oxidation sites excluding steroid dienone is 1. The first-order valence-corrected chi connectivity index (χ1v) is 7.27. The van der Waals surface area contributed by atoms with E-state index in [1.165, 1.54) is 26.2 Å². The average Bonchev–Trinajstić information content (AvgIpc) is 2.59. The fourth-order valence-electron chi connectivity index (χ4n) is 2.13. The molecular formula is C19H18O5. The van der Waals surface area contributed by atoms with E-state index in [0.717, 1.165) is 5.56 Å². The lowest BCUT2D eigenvalue weighted by molar-refractivity contribution is -0.131. The quantitative estimate of drug-likeness (QED) is 0.352. The van der Waals surface area contributed by atoms with E-state index in [1.54, 1.807) is 25.3 Å². The lowest BCUT2D eigenvalue weighted by Gasteiger charge is -2.09. The number of carbonyl (C=O) groups is 2. The number of rotatable bonds is 6. The van der Waals surface area contributed by atoms with Gasteiger partial charge < -0.3 is 14.2 Å². The molecule has 0 heterocycles. The lowest BCUT2D eigenvalue weighted by Crippen LogP contribution is -2.07. The van der Waals surface area contributed by atoms with Crippen LogP contribution in [0, 0.1) is 0 Å². The van der Waals surface area contributed by atoms with Gasteiger partial charge in [0.15, 0.2) is 5.78 Å². The third kappa shape index (κ3) is 4.23. The fraction of sp³-hybridized carbons (Fsp3) is 0.158. The van der Waals surface area contributed by atoms with Gasteiger partial charge >= 0.3 is 5.97 Å². The van der Waals surface area contributed by atoms with Gasteiger partial charge in [-0.1, -0.05) is 18.2 Å². The summed E-state index contributed by atoms with van der Waals surface area (Å²) in [6.45, 7) is 1.28. The molecule has 0 aliphatic heterocycles. The van der Waals surface area contributed by atoms with Crippen LogP contribution in [0.3, 0.4) is 0 Å². The first-order valence-electron chi connectivity index (χ1n) is 7.27. The van der Waals surface area contributed by atoms with Crippen molar-refractivity contribution in [3.8, 4) is 17.2 Å². The summed E-state index contributed by atoms with van der Waals surface area (Å²) in [6.07, 6.45) is 3.07. The van der Waals surface area contributed by atoms with Gasteiger partial charge in [-0.25, -0.2) is 0 Å². The maximum atomic E-state index is 12.5. The van der Waals surface area contributed by atoms with Crippen LogP contribution in [0.25, 0.3) is 6.08 Å². The van der Waals surface area contributed by atoms with Gasteiger partial charge in [0.1, 0.15) is 17.2 Å². The number of hydrogen-bond donors (Lipinski definition) is 0. The maximum Gasteiger partial charge on any atom is 0.308 e. The molecule has 0 N–H and O–H groups in total. The SMILES string of the molecule is COc1ccc(C(=O)C=Cc2ccccc2OC)c(OC(C)=O)c1. The molecule has 0 spiro atoms. The Hall–Kier alpha value is -3.08. The standard InChI is InChI=1S/C19H18O5/c1-13(20)24-19-12-15(22-2)9-10-16(19)17(21)11-8-14-6-4-5-7-18(14)23-3/h4-12H,1-3H3. The topological polar surface area (TPSA) is 61.8 Å². The molecule has 24 heavy (non-hydrogen) atoms. The predicted octanol–water partition coefficient (Wildman–Crippen LogP) is 3.53. The van der Waals surface area contributed by atoms with Crippen LogP contribution >= 0.6 is 0 Å². The zero-order valence-electron chi connectivity index (χ0n) is 13.7. The molecule has 2 aromatic rings. The summed E-state index contributed by atoms with van der Waals surface area (Å²) < 4.78 is 15.4. The second kappa shape index (κ2) is 7.97. The van der Waals surface area contributed by atoms with Crippen molar-refractivity contribution >= 4 is 17.8 Å². The number of methoxy groups -OCH3 is 2. The summed E-state index contributed by atoms with van der Waals surface area (Å²) in [4.78, 5) is 23.7. The number of carbonyl (C=O) groups excluding carboxylic acids is 2. The Kier molecular flexibility index (Phi) is 5.73. The van der Waals surface area contributed by atoms with E-state index in [4.69, 9.17) is 14.2 Å². The molecule has 0 unspecified atom stereocenters. The zero-order valence-corrected chi connectivity index (χ0v) is 13.7. The summed E-state index contributed by atoms with van der Waals surface area (Å²) in [5.74, 6) is 0.523. The van der Waals surface area contributed by atoms with E-state index in [9.17, 15) is 9.59 Å². The van der Waals surface area contributed by atoms with Crippen LogP contribution in [0.4, 0.5) is 0 Å². The minimum atomic E-state index is -0.508. The summed E-state index contributed by atoms with van der Waals surface area (Å²) in [5.41, 5.74) is 1.05. The van der Waals surface area contributed by atoms with Crippen molar-refractivity contribution in [2.75, 3.05) is 14.2 Å². The van der Waals surface area contributed by atoms with E-state index in [2.05, 4.69) is 0 Å². The van der Waals surface area contributed by atoms with Crippen molar-refractivity contribution in [1.82, 2.24) is 0 Å². The highest BCUT2D eigenvalue weighted by molar-refractivity contribution is 6.09. The molecule has 0 amide bonds. The Morgan fingerprint density at radius 3 is 2.38 bits per heavy atom. The third-order valence-electron chi connectivity index (χ3n) is 3.26. The van der Waals surface area contributed by atoms with Crippen LogP contribution in [-0.2, 0) is 4.79 Å². The van der Waals surface area contributed by atoms with Gasteiger partial charge in [0.2, 0.25) is 0 Å². The molecule has 0 radical (unpaired) electrons. The molecule has 2 aromatic carbocycles. The van der Waals surface area contributed by atoms with Crippen molar-refractivity contribution < 1.29 is 23.8 Å². The molecule has 0 aromatic heterocycles. The zero-order chi connectivity index (χ0) is 17.5. The van der Waals surface area contributed by atoms with Crippen molar-refractivity contribution in [3.63, 3.8) is 0 Å². The smallest absolute Gasteiger partial charge is 0.308 e. The summed E-state index contributed by atoms with van der Waals surface area (Å²) in [5, 5.41) is 0. The van der Waals surface area contributed by atoms with Gasteiger partial charge in [0, 0.05) is 18.6 Å². The average molecular weight is 326 g/mol. The molecule has 0 fully saturated rings. The molecule has 0 aliphatic carbocycles. The number of ether oxygens (including phenoxy) is 3. The largest absolute Gasteiger partial charge is 0.497 e. The second-order valence-corrected chi connectivity index (χ2v) is 4.90. The van der Waals surface area contributed by atoms with Gasteiger partial charge in [0.25, 0.3) is 0 Å². The van der Waals surface area contributed by atoms with Crippen LogP contribution < -0.4 is 14.2 Å². The van der Waals surface area contributed by atoms with E-state index in [1.807, 2.05) is 24.3 Å². The molecule has 5 nitrogen and oxygen atoms in total. The first kappa shape index (κ1) is 17.3. The minimum Gasteiger partial charge on any atom is -0.497 e. The van der Waals surface area contributed by atoms with Crippen molar-refractivity contribution in [3.05, 3.63) is 59.7 Å². The first-order chi connectivity index (χ1) is 11.5. The number of esters is 1. The molecule has 0 bridgehead atoms. The highest BCUT2D eigenvalue weighted by atomic mass is 16.5. The van der Waals surface area contributed by atoms with Gasteiger partial charge in [-0.05, 0) is 30.4 Å². The second-order valence-electron chi connectivity index (χ2n) is 4.90. The summed E-state index contributed by atoms with van der Waals surface area (Å²) >= 11 is 0. The van der Waals surface area contributed by atoms with Crippen LogP contribution in [0.5, 0.6) is 17.2 Å². The van der Waals surface area contributed by atoms with Gasteiger partial charge in [-0.2, -0.15) is 0 Å². The van der Waals surface area contributed by atoms with Gasteiger partial charge in [0.05, 0.1) is 19.8 Å². The van der Waals surface area contributed by atoms with Crippen LogP contribution in [-0.4, -0.2) is 26.0 Å². The minimum absolute atomic E-state index is 0.163. The van der Waals surface area contributed by atoms with E-state index < -0.39 is 5.97 Å². The van der Waals surface area contributed by atoms with Crippen LogP contribution in [0.2, 0.25) is 0 Å². The molecule has 0 atom stereocenters. The Morgan fingerprint density at radius 2 is 1.71 bits per heavy atom. The lowest BCUT2D eigenvalue weighted by atomic mass is 10.1. The number of para-hydroxylation sites is 1.